The Bertz CT molecular complexity index is 811. The van der Waals surface area contributed by atoms with Crippen LogP contribution in [0.2, 0.25) is 0 Å². The van der Waals surface area contributed by atoms with Crippen LogP contribution in [0.15, 0.2) is 52.9 Å². The highest BCUT2D eigenvalue weighted by Gasteiger charge is 2.42. The number of benzene rings is 2. The fourth-order valence-electron chi connectivity index (χ4n) is 2.36. The van der Waals surface area contributed by atoms with Crippen LogP contribution in [0.4, 0.5) is 5.69 Å². The first-order chi connectivity index (χ1) is 12.1. The summed E-state index contributed by atoms with van der Waals surface area (Å²) in [5.74, 6) is 0.751. The first-order valence-electron chi connectivity index (χ1n) is 7.56. The summed E-state index contributed by atoms with van der Waals surface area (Å²) in [5, 5.41) is 11.6. The van der Waals surface area contributed by atoms with Crippen LogP contribution in [-0.4, -0.2) is 23.7 Å². The van der Waals surface area contributed by atoms with Crippen molar-refractivity contribution in [3.8, 4) is 5.75 Å². The Kier molecular flexibility index (Phi) is 5.31. The van der Waals surface area contributed by atoms with E-state index < -0.39 is 9.19 Å². The van der Waals surface area contributed by atoms with Crippen molar-refractivity contribution in [2.45, 2.75) is 11.2 Å². The van der Waals surface area contributed by atoms with Crippen molar-refractivity contribution in [2.75, 3.05) is 13.7 Å². The molecule has 1 atom stereocenters. The van der Waals surface area contributed by atoms with Gasteiger partial charge in [-0.05, 0) is 31.2 Å². The van der Waals surface area contributed by atoms with Crippen LogP contribution in [0, 0.1) is 10.1 Å². The zero-order valence-electron chi connectivity index (χ0n) is 13.7. The zero-order chi connectivity index (χ0) is 17.9. The van der Waals surface area contributed by atoms with Crippen molar-refractivity contribution in [3.05, 3.63) is 69.8 Å². The number of rotatable bonds is 6. The van der Waals surface area contributed by atoms with E-state index in [0.29, 0.717) is 6.61 Å². The third kappa shape index (κ3) is 3.65. The van der Waals surface area contributed by atoms with Gasteiger partial charge in [-0.3, -0.25) is 10.1 Å². The third-order valence-corrected chi connectivity index (χ3v) is 6.16. The Morgan fingerprint density at radius 3 is 2.64 bits per heavy atom. The average molecular weight is 376 g/mol. The van der Waals surface area contributed by atoms with Crippen LogP contribution in [0.3, 0.4) is 0 Å². The number of thioether (sulfide) groups is 1. The highest BCUT2D eigenvalue weighted by molar-refractivity contribution is 8.28. The quantitative estimate of drug-likeness (QED) is 0.417. The minimum absolute atomic E-state index is 0.0591. The molecule has 0 saturated carbocycles. The molecule has 1 unspecified atom stereocenters. The number of nitro groups is 1. The van der Waals surface area contributed by atoms with Crippen LogP contribution in [-0.2, 0) is 9.00 Å². The maximum Gasteiger partial charge on any atom is 0.269 e. The van der Waals surface area contributed by atoms with Crippen molar-refractivity contribution < 1.29 is 14.4 Å². The molecule has 3 rings (SSSR count). The molecule has 0 fully saturated rings. The molecule has 1 aliphatic rings. The van der Waals surface area contributed by atoms with Gasteiger partial charge in [-0.15, -0.1) is 0 Å². The number of hydrogen-bond acceptors (Lipinski definition) is 7. The molecule has 0 N–H and O–H groups in total. The molecule has 2 aromatic rings. The van der Waals surface area contributed by atoms with Crippen molar-refractivity contribution in [2.24, 2.45) is 4.40 Å². The first kappa shape index (κ1) is 17.8. The van der Waals surface area contributed by atoms with Gasteiger partial charge in [0.15, 0.2) is 0 Å². The highest BCUT2D eigenvalue weighted by Crippen LogP contribution is 2.55. The summed E-state index contributed by atoms with van der Waals surface area (Å²) in [6, 6.07) is 14.1. The summed E-state index contributed by atoms with van der Waals surface area (Å²) in [5.41, 5.74) is 1.83. The molecule has 2 aromatic carbocycles. The predicted molar refractivity (Wildman–Crippen MR) is 101 cm³/mol. The average Bonchev–Trinajstić information content (AvgIpc) is 3.07. The van der Waals surface area contributed by atoms with Gasteiger partial charge >= 0.3 is 0 Å². The van der Waals surface area contributed by atoms with Gasteiger partial charge in [0.25, 0.3) is 5.69 Å². The highest BCUT2D eigenvalue weighted by atomic mass is 32.2. The van der Waals surface area contributed by atoms with Crippen molar-refractivity contribution in [3.63, 3.8) is 0 Å². The number of methoxy groups -OCH3 is 1. The van der Waals surface area contributed by atoms with E-state index in [9.17, 15) is 10.1 Å². The smallest absolute Gasteiger partial charge is 0.269 e. The van der Waals surface area contributed by atoms with Gasteiger partial charge < -0.3 is 9.47 Å². The summed E-state index contributed by atoms with van der Waals surface area (Å²) in [4.78, 5) is 10.4. The van der Waals surface area contributed by atoms with E-state index in [1.54, 1.807) is 19.2 Å². The Hall–Kier alpha value is -2.03. The number of nitro benzene ring substituents is 1. The molecule has 0 spiro atoms. The second-order valence-corrected chi connectivity index (χ2v) is 7.48. The summed E-state index contributed by atoms with van der Waals surface area (Å²) in [6.45, 7) is 2.47. The van der Waals surface area contributed by atoms with Crippen LogP contribution >= 0.6 is 23.7 Å². The van der Waals surface area contributed by atoms with E-state index >= 15 is 0 Å². The lowest BCUT2D eigenvalue weighted by atomic mass is 10.2. The second-order valence-electron chi connectivity index (χ2n) is 5.11. The fraction of sp³-hybridized carbons (Fsp3) is 0.235. The molecule has 0 aliphatic carbocycles. The maximum absolute atomic E-state index is 10.8. The van der Waals surface area contributed by atoms with Gasteiger partial charge in [0, 0.05) is 41.8 Å². The van der Waals surface area contributed by atoms with Gasteiger partial charge in [-0.1, -0.05) is 23.9 Å². The molecule has 130 valence electrons. The summed E-state index contributed by atoms with van der Waals surface area (Å²) >= 11 is 2.83. The van der Waals surface area contributed by atoms with E-state index in [1.165, 1.54) is 35.8 Å². The Labute approximate surface area is 153 Å². The van der Waals surface area contributed by atoms with Crippen molar-refractivity contribution in [1.82, 2.24) is 0 Å². The molecule has 1 heterocycles. The summed E-state index contributed by atoms with van der Waals surface area (Å²) in [6.07, 6.45) is 0. The van der Waals surface area contributed by atoms with Crippen LogP contribution in [0.5, 0.6) is 5.75 Å². The predicted octanol–water partition coefficient (Wildman–Crippen LogP) is 4.59. The molecule has 0 amide bonds. The van der Waals surface area contributed by atoms with Gasteiger partial charge in [0.2, 0.25) is 4.27 Å². The summed E-state index contributed by atoms with van der Waals surface area (Å²) in [7, 11) is 1.63. The molecule has 0 radical (unpaired) electrons. The van der Waals surface area contributed by atoms with E-state index in [4.69, 9.17) is 9.47 Å². The molecular weight excluding hydrogens is 360 g/mol. The van der Waals surface area contributed by atoms with Crippen LogP contribution < -0.4 is 4.74 Å². The maximum atomic E-state index is 10.8. The molecule has 0 saturated heterocycles. The molecule has 0 aromatic heterocycles. The second kappa shape index (κ2) is 7.47. The third-order valence-electron chi connectivity index (χ3n) is 3.56. The Balaban J connectivity index is 1.88. The molecule has 25 heavy (non-hydrogen) atoms. The SMILES string of the molecule is CCOC1(c2cccc(OC)c2)SN=C(c2ccc([N+](=O)[O-])cc2)S1. The Morgan fingerprint density at radius 1 is 1.24 bits per heavy atom. The standard InChI is InChI=1S/C17H16N2O4S2/c1-3-23-17(13-5-4-6-15(11-13)22-2)24-16(18-25-17)12-7-9-14(10-8-12)19(20)21/h4-11H,3H2,1-2H3. The van der Waals surface area contributed by atoms with Gasteiger partial charge in [0.1, 0.15) is 10.8 Å². The van der Waals surface area contributed by atoms with E-state index in [1.807, 2.05) is 31.2 Å². The molecule has 6 nitrogen and oxygen atoms in total. The molecular formula is C17H16N2O4S2. The molecule has 8 heteroatoms. The van der Waals surface area contributed by atoms with Gasteiger partial charge in [0.05, 0.1) is 12.0 Å². The largest absolute Gasteiger partial charge is 0.497 e. The zero-order valence-corrected chi connectivity index (χ0v) is 15.3. The molecule has 1 aliphatic heterocycles. The van der Waals surface area contributed by atoms with Crippen molar-refractivity contribution >= 4 is 34.4 Å². The minimum atomic E-state index is -0.694. The lowest BCUT2D eigenvalue weighted by molar-refractivity contribution is -0.384. The lowest BCUT2D eigenvalue weighted by Crippen LogP contribution is -2.20. The fourth-order valence-corrected chi connectivity index (χ4v) is 4.76. The number of nitrogens with zero attached hydrogens (tertiary/aromatic N) is 2. The van der Waals surface area contributed by atoms with Crippen LogP contribution in [0.25, 0.3) is 0 Å². The molecule has 0 bridgehead atoms. The minimum Gasteiger partial charge on any atom is -0.497 e. The number of hydrogen-bond donors (Lipinski definition) is 0. The number of non-ortho nitro benzene ring substituents is 1. The van der Waals surface area contributed by atoms with Crippen LogP contribution in [0.1, 0.15) is 18.1 Å². The van der Waals surface area contributed by atoms with Crippen molar-refractivity contribution in [1.29, 1.82) is 0 Å². The normalized spacial score (nSPS) is 19.5. The van der Waals surface area contributed by atoms with Gasteiger partial charge in [-0.2, -0.15) is 0 Å². The first-order valence-corrected chi connectivity index (χ1v) is 9.15. The topological polar surface area (TPSA) is 74.0 Å². The van der Waals surface area contributed by atoms with E-state index in [0.717, 1.165) is 21.9 Å². The van der Waals surface area contributed by atoms with E-state index in [-0.39, 0.29) is 5.69 Å². The Morgan fingerprint density at radius 2 is 2.00 bits per heavy atom. The van der Waals surface area contributed by atoms with Gasteiger partial charge in [-0.25, -0.2) is 4.40 Å². The monoisotopic (exact) mass is 376 g/mol. The van der Waals surface area contributed by atoms with E-state index in [2.05, 4.69) is 4.40 Å². The lowest BCUT2D eigenvalue weighted by Gasteiger charge is -2.26. The number of ether oxygens (including phenoxy) is 2. The summed E-state index contributed by atoms with van der Waals surface area (Å²) < 4.78 is 15.2.